The summed E-state index contributed by atoms with van der Waals surface area (Å²) in [5.41, 5.74) is 1.95. The second-order valence-electron chi connectivity index (χ2n) is 10.3. The van der Waals surface area contributed by atoms with E-state index in [1.165, 1.54) is 36.4 Å². The largest absolute Gasteiger partial charge is 3.00 e. The van der Waals surface area contributed by atoms with Gasteiger partial charge >= 0.3 is 67.9 Å². The van der Waals surface area contributed by atoms with E-state index in [2.05, 4.69) is 34.2 Å². The summed E-state index contributed by atoms with van der Waals surface area (Å²) >= 11 is 2.95. The zero-order valence-corrected chi connectivity index (χ0v) is 32.8. The van der Waals surface area contributed by atoms with Gasteiger partial charge in [-0.1, -0.05) is 59.7 Å². The molecule has 0 spiro atoms. The number of pyridine rings is 2. The van der Waals surface area contributed by atoms with E-state index < -0.39 is 53.2 Å². The van der Waals surface area contributed by atoms with Gasteiger partial charge in [-0.15, -0.1) is 34.0 Å². The number of carbonyl (C=O) groups is 3. The molecule has 0 saturated carbocycles. The average molecular weight is 996 g/mol. The Hall–Kier alpha value is -4.28. The van der Waals surface area contributed by atoms with Gasteiger partial charge in [0, 0.05) is 37.8 Å². The van der Waals surface area contributed by atoms with Crippen LogP contribution < -0.4 is 15.3 Å². The molecular formula is C36H20EuF9N2O6S3. The number of hydrogen-bond donors (Lipinski definition) is 0. The normalized spacial score (nSPS) is 12.2. The molecule has 21 heteroatoms. The molecule has 0 radical (unpaired) electrons. The van der Waals surface area contributed by atoms with E-state index in [-0.39, 0.29) is 82.2 Å². The van der Waals surface area contributed by atoms with Crippen LogP contribution in [0.5, 0.6) is 0 Å². The van der Waals surface area contributed by atoms with E-state index in [9.17, 15) is 69.2 Å². The molecule has 0 amide bonds. The molecule has 0 fully saturated rings. The van der Waals surface area contributed by atoms with E-state index in [0.717, 1.165) is 55.8 Å². The summed E-state index contributed by atoms with van der Waals surface area (Å²) in [6.45, 7) is 0. The van der Waals surface area contributed by atoms with Gasteiger partial charge in [-0.2, -0.15) is 39.5 Å². The Kier molecular flexibility index (Phi) is 18.9. The number of hydrogen-bond acceptors (Lipinski definition) is 11. The van der Waals surface area contributed by atoms with E-state index in [0.29, 0.717) is 0 Å². The van der Waals surface area contributed by atoms with Crippen molar-refractivity contribution in [3.63, 3.8) is 0 Å². The van der Waals surface area contributed by atoms with Crippen LogP contribution in [0.3, 0.4) is 0 Å². The fraction of sp³-hybridized carbons (Fsp3) is 0.0833. The molecule has 298 valence electrons. The number of fused-ring (bicyclic) bond motifs is 3. The Morgan fingerprint density at radius 2 is 0.754 bits per heavy atom. The van der Waals surface area contributed by atoms with Crippen molar-refractivity contribution in [3.8, 4) is 0 Å². The van der Waals surface area contributed by atoms with Crippen LogP contribution in [-0.4, -0.2) is 45.8 Å². The predicted molar refractivity (Wildman–Crippen MR) is 187 cm³/mol. The number of halogens is 9. The summed E-state index contributed by atoms with van der Waals surface area (Å²) in [7, 11) is 0. The second kappa shape index (κ2) is 22.0. The van der Waals surface area contributed by atoms with Gasteiger partial charge in [0.2, 0.25) is 0 Å². The van der Waals surface area contributed by atoms with Crippen LogP contribution in [-0.2, 0) is 14.4 Å². The van der Waals surface area contributed by atoms with Crippen molar-refractivity contribution in [2.75, 3.05) is 0 Å². The molecule has 0 atom stereocenters. The Labute approximate surface area is 368 Å². The average Bonchev–Trinajstić information content (AvgIpc) is 3.96. The maximum absolute atomic E-state index is 11.7. The molecule has 8 nitrogen and oxygen atoms in total. The van der Waals surface area contributed by atoms with E-state index in [4.69, 9.17) is 0 Å². The molecule has 6 rings (SSSR count). The molecule has 0 N–H and O–H groups in total. The summed E-state index contributed by atoms with van der Waals surface area (Å²) in [6.07, 6.45) is -11.1. The number of benzene rings is 1. The van der Waals surface area contributed by atoms with Gasteiger partial charge < -0.3 is 15.3 Å². The van der Waals surface area contributed by atoms with Crippen molar-refractivity contribution in [1.29, 1.82) is 0 Å². The first-order valence-corrected chi connectivity index (χ1v) is 17.5. The van der Waals surface area contributed by atoms with Crippen molar-refractivity contribution in [3.05, 3.63) is 134 Å². The molecule has 57 heavy (non-hydrogen) atoms. The monoisotopic (exact) mass is 996 g/mol. The first-order chi connectivity index (χ1) is 26.2. The van der Waals surface area contributed by atoms with Crippen LogP contribution in [0.25, 0.3) is 39.1 Å². The Morgan fingerprint density at radius 1 is 0.474 bits per heavy atom. The zero-order chi connectivity index (χ0) is 41.7. The van der Waals surface area contributed by atoms with Gasteiger partial charge in [-0.25, -0.2) is 0 Å². The van der Waals surface area contributed by atoms with Crippen LogP contribution >= 0.6 is 34.0 Å². The third-order valence-electron chi connectivity index (χ3n) is 6.26. The van der Waals surface area contributed by atoms with Crippen molar-refractivity contribution in [1.82, 2.24) is 9.97 Å². The zero-order valence-electron chi connectivity index (χ0n) is 27.9. The Morgan fingerprint density at radius 3 is 0.982 bits per heavy atom. The third kappa shape index (κ3) is 15.9. The molecule has 6 aromatic rings. The van der Waals surface area contributed by atoms with Crippen LogP contribution in [0.4, 0.5) is 39.5 Å². The fourth-order valence-electron chi connectivity index (χ4n) is 3.75. The minimum Gasteiger partial charge on any atom is -0.871 e. The maximum atomic E-state index is 11.7. The number of ketones is 3. The molecule has 0 saturated heterocycles. The van der Waals surface area contributed by atoms with E-state index in [1.807, 2.05) is 12.1 Å². The third-order valence-corrected chi connectivity index (χ3v) is 8.91. The molecule has 1 aromatic carbocycles. The number of carbonyl (C=O) groups excluding carboxylic acids is 3. The number of allylic oxidation sites excluding steroid dienone is 3. The minimum atomic E-state index is -4.98. The maximum Gasteiger partial charge on any atom is 3.00 e. The first-order valence-electron chi connectivity index (χ1n) is 14.9. The number of alkyl halides is 9. The van der Waals surface area contributed by atoms with Crippen LogP contribution in [0, 0.1) is 49.4 Å². The molecule has 5 heterocycles. The standard InChI is InChI=1S/C12H8N2.3C8H5F3O2S.Eu/c1-3-9-5-6-10-4-2-8-14-12(10)11(9)13-7-1;3*9-8(10,11)7(13)4-5(12)6-2-1-3-14-6;/h1-8H;3*1-4,12H;/q;;;;+3/p-3. The van der Waals surface area contributed by atoms with Gasteiger partial charge in [-0.05, 0) is 64.7 Å². The molecule has 5 aromatic heterocycles. The molecule has 0 aliphatic rings. The Bertz CT molecular complexity index is 2090. The van der Waals surface area contributed by atoms with Gasteiger partial charge in [0.15, 0.2) is 0 Å². The quantitative estimate of drug-likeness (QED) is 0.0721. The van der Waals surface area contributed by atoms with Crippen molar-refractivity contribution in [2.45, 2.75) is 18.5 Å². The van der Waals surface area contributed by atoms with Gasteiger partial charge in [0.1, 0.15) is 0 Å². The Balaban J connectivity index is 0.000000261. The number of thiophene rings is 3. The molecule has 0 bridgehead atoms. The van der Waals surface area contributed by atoms with Crippen LogP contribution in [0.1, 0.15) is 14.6 Å². The molecule has 0 unspecified atom stereocenters. The summed E-state index contributed by atoms with van der Waals surface area (Å²) < 4.78 is 105. The van der Waals surface area contributed by atoms with Crippen molar-refractivity contribution >= 4 is 90.4 Å². The summed E-state index contributed by atoms with van der Waals surface area (Å²) in [5.74, 6) is -9.13. The molecule has 0 aliphatic heterocycles. The van der Waals surface area contributed by atoms with E-state index in [1.54, 1.807) is 28.5 Å². The van der Waals surface area contributed by atoms with Crippen LogP contribution in [0.15, 0.2) is 120 Å². The summed E-state index contributed by atoms with van der Waals surface area (Å²) in [6, 6.07) is 20.8. The van der Waals surface area contributed by atoms with E-state index >= 15 is 0 Å². The first kappa shape index (κ1) is 48.9. The number of aromatic nitrogens is 2. The fourth-order valence-corrected chi connectivity index (χ4v) is 5.66. The van der Waals surface area contributed by atoms with Crippen molar-refractivity contribution in [2.24, 2.45) is 0 Å². The number of rotatable bonds is 6. The van der Waals surface area contributed by atoms with Crippen molar-refractivity contribution < 1.29 is 119 Å². The smallest absolute Gasteiger partial charge is 0.871 e. The molecule has 0 aliphatic carbocycles. The van der Waals surface area contributed by atoms with Gasteiger partial charge in [-0.3, -0.25) is 24.4 Å². The SMILES string of the molecule is O=C(C=C([O-])c1cccs1)C(F)(F)F.O=C(C=C([O-])c1cccs1)C(F)(F)F.O=C(C=C([O-])c1cccs1)C(F)(F)F.[Eu+3].c1cnc2c(c1)ccc1cccnc12. The summed E-state index contributed by atoms with van der Waals surface area (Å²) in [5, 5.41) is 39.9. The van der Waals surface area contributed by atoms with Gasteiger partial charge in [0.05, 0.1) is 11.0 Å². The minimum absolute atomic E-state index is 0. The topological polar surface area (TPSA) is 146 Å². The predicted octanol–water partition coefficient (Wildman–Crippen LogP) is 7.53. The van der Waals surface area contributed by atoms with Gasteiger partial charge in [0.25, 0.3) is 17.3 Å². The second-order valence-corrected chi connectivity index (χ2v) is 13.1. The number of nitrogens with zero attached hydrogens (tertiary/aromatic N) is 2. The summed E-state index contributed by atoms with van der Waals surface area (Å²) in [4.78, 5) is 40.2. The molecular weight excluding hydrogens is 976 g/mol. The van der Waals surface area contributed by atoms with Crippen LogP contribution in [0.2, 0.25) is 0 Å².